The molecule has 0 spiro atoms. The van der Waals surface area contributed by atoms with E-state index in [1.165, 1.54) is 0 Å². The topological polar surface area (TPSA) is 58.4 Å². The second kappa shape index (κ2) is 9.42. The Morgan fingerprint density at radius 3 is 2.12 bits per heavy atom. The lowest BCUT2D eigenvalue weighted by atomic mass is 10.1. The Balaban J connectivity index is 4.30. The SMILES string of the molecule is CCCN(CCC)C(CN)CC(=O)NC(C)C. The summed E-state index contributed by atoms with van der Waals surface area (Å²) in [5.41, 5.74) is 5.79. The highest BCUT2D eigenvalue weighted by atomic mass is 16.1. The van der Waals surface area contributed by atoms with E-state index < -0.39 is 0 Å². The van der Waals surface area contributed by atoms with E-state index in [-0.39, 0.29) is 18.0 Å². The molecular weight excluding hydrogens is 214 g/mol. The van der Waals surface area contributed by atoms with Crippen molar-refractivity contribution in [2.45, 2.75) is 59.0 Å². The number of amides is 1. The van der Waals surface area contributed by atoms with Crippen LogP contribution in [0.3, 0.4) is 0 Å². The summed E-state index contributed by atoms with van der Waals surface area (Å²) in [6, 6.07) is 0.375. The van der Waals surface area contributed by atoms with E-state index in [0.717, 1.165) is 25.9 Å². The summed E-state index contributed by atoms with van der Waals surface area (Å²) in [6.45, 7) is 10.9. The molecule has 0 saturated carbocycles. The summed E-state index contributed by atoms with van der Waals surface area (Å²) in [6.07, 6.45) is 2.71. The van der Waals surface area contributed by atoms with Crippen molar-refractivity contribution >= 4 is 5.91 Å². The molecule has 0 bridgehead atoms. The van der Waals surface area contributed by atoms with E-state index in [9.17, 15) is 4.79 Å². The molecule has 0 aliphatic rings. The van der Waals surface area contributed by atoms with Crippen LogP contribution in [0.15, 0.2) is 0 Å². The third-order valence-corrected chi connectivity index (χ3v) is 2.68. The molecule has 0 fully saturated rings. The zero-order valence-corrected chi connectivity index (χ0v) is 11.8. The molecule has 0 aromatic rings. The highest BCUT2D eigenvalue weighted by Crippen LogP contribution is 2.06. The van der Waals surface area contributed by atoms with Crippen LogP contribution in [0.1, 0.15) is 47.0 Å². The van der Waals surface area contributed by atoms with Gasteiger partial charge in [0.1, 0.15) is 0 Å². The van der Waals surface area contributed by atoms with Gasteiger partial charge in [-0.15, -0.1) is 0 Å². The van der Waals surface area contributed by atoms with Gasteiger partial charge in [0.15, 0.2) is 0 Å². The molecule has 3 N–H and O–H groups in total. The van der Waals surface area contributed by atoms with Crippen LogP contribution in [0, 0.1) is 0 Å². The summed E-state index contributed by atoms with van der Waals surface area (Å²) in [4.78, 5) is 14.1. The van der Waals surface area contributed by atoms with E-state index in [0.29, 0.717) is 13.0 Å². The lowest BCUT2D eigenvalue weighted by molar-refractivity contribution is -0.122. The van der Waals surface area contributed by atoms with Gasteiger partial charge in [-0.05, 0) is 39.8 Å². The Hall–Kier alpha value is -0.610. The Morgan fingerprint density at radius 2 is 1.76 bits per heavy atom. The van der Waals surface area contributed by atoms with Gasteiger partial charge in [-0.1, -0.05) is 13.8 Å². The van der Waals surface area contributed by atoms with Gasteiger partial charge in [-0.3, -0.25) is 9.69 Å². The Labute approximate surface area is 106 Å². The molecule has 0 aliphatic carbocycles. The molecule has 1 atom stereocenters. The number of rotatable bonds is 9. The zero-order valence-electron chi connectivity index (χ0n) is 11.8. The molecule has 17 heavy (non-hydrogen) atoms. The molecule has 102 valence electrons. The predicted octanol–water partition coefficient (Wildman–Crippen LogP) is 1.35. The van der Waals surface area contributed by atoms with Crippen LogP contribution in [-0.2, 0) is 4.79 Å². The normalized spacial score (nSPS) is 13.1. The summed E-state index contributed by atoms with van der Waals surface area (Å²) < 4.78 is 0. The van der Waals surface area contributed by atoms with Crippen molar-refractivity contribution in [3.63, 3.8) is 0 Å². The largest absolute Gasteiger partial charge is 0.354 e. The van der Waals surface area contributed by atoms with Gasteiger partial charge in [0.25, 0.3) is 0 Å². The predicted molar refractivity (Wildman–Crippen MR) is 72.9 cm³/mol. The Kier molecular flexibility index (Phi) is 9.09. The van der Waals surface area contributed by atoms with E-state index in [2.05, 4.69) is 24.1 Å². The number of hydrogen-bond donors (Lipinski definition) is 2. The number of carbonyl (C=O) groups is 1. The lowest BCUT2D eigenvalue weighted by Gasteiger charge is -2.30. The molecular formula is C13H29N3O. The van der Waals surface area contributed by atoms with Crippen LogP contribution >= 0.6 is 0 Å². The first-order valence-corrected chi connectivity index (χ1v) is 6.78. The van der Waals surface area contributed by atoms with Gasteiger partial charge in [-0.25, -0.2) is 0 Å². The molecule has 0 rings (SSSR count). The molecule has 1 amide bonds. The van der Waals surface area contributed by atoms with Crippen molar-refractivity contribution < 1.29 is 4.79 Å². The summed E-state index contributed by atoms with van der Waals surface area (Å²) in [7, 11) is 0. The second-order valence-electron chi connectivity index (χ2n) is 4.85. The maximum Gasteiger partial charge on any atom is 0.221 e. The van der Waals surface area contributed by atoms with E-state index in [4.69, 9.17) is 5.73 Å². The molecule has 0 aliphatic heterocycles. The number of nitrogens with zero attached hydrogens (tertiary/aromatic N) is 1. The summed E-state index contributed by atoms with van der Waals surface area (Å²) in [5.74, 6) is 0.104. The fourth-order valence-corrected chi connectivity index (χ4v) is 2.01. The Morgan fingerprint density at radius 1 is 1.24 bits per heavy atom. The minimum Gasteiger partial charge on any atom is -0.354 e. The highest BCUT2D eigenvalue weighted by Gasteiger charge is 2.19. The van der Waals surface area contributed by atoms with Crippen LogP contribution in [0.2, 0.25) is 0 Å². The maximum atomic E-state index is 11.7. The average molecular weight is 243 g/mol. The van der Waals surface area contributed by atoms with Crippen LogP contribution < -0.4 is 11.1 Å². The smallest absolute Gasteiger partial charge is 0.221 e. The van der Waals surface area contributed by atoms with Crippen LogP contribution in [0.25, 0.3) is 0 Å². The van der Waals surface area contributed by atoms with Crippen molar-refractivity contribution in [3.05, 3.63) is 0 Å². The first kappa shape index (κ1) is 16.4. The van der Waals surface area contributed by atoms with E-state index in [1.807, 2.05) is 13.8 Å². The fourth-order valence-electron chi connectivity index (χ4n) is 2.01. The number of nitrogens with two attached hydrogens (primary N) is 1. The number of hydrogen-bond acceptors (Lipinski definition) is 3. The summed E-state index contributed by atoms with van der Waals surface area (Å²) in [5, 5.41) is 2.93. The highest BCUT2D eigenvalue weighted by molar-refractivity contribution is 5.76. The molecule has 4 nitrogen and oxygen atoms in total. The first-order valence-electron chi connectivity index (χ1n) is 6.78. The monoisotopic (exact) mass is 243 g/mol. The van der Waals surface area contributed by atoms with Gasteiger partial charge in [0.05, 0.1) is 0 Å². The maximum absolute atomic E-state index is 11.7. The molecule has 4 heteroatoms. The van der Waals surface area contributed by atoms with Crippen LogP contribution in [-0.4, -0.2) is 42.5 Å². The van der Waals surface area contributed by atoms with Crippen LogP contribution in [0.4, 0.5) is 0 Å². The van der Waals surface area contributed by atoms with Gasteiger partial charge in [0.2, 0.25) is 5.91 Å². The first-order chi connectivity index (χ1) is 8.04. The van der Waals surface area contributed by atoms with Gasteiger partial charge in [-0.2, -0.15) is 0 Å². The van der Waals surface area contributed by atoms with E-state index >= 15 is 0 Å². The van der Waals surface area contributed by atoms with Gasteiger partial charge >= 0.3 is 0 Å². The number of nitrogens with one attached hydrogen (secondary N) is 1. The lowest BCUT2D eigenvalue weighted by Crippen LogP contribution is -2.45. The van der Waals surface area contributed by atoms with E-state index in [1.54, 1.807) is 0 Å². The quantitative estimate of drug-likeness (QED) is 0.643. The van der Waals surface area contributed by atoms with Crippen molar-refractivity contribution in [1.29, 1.82) is 0 Å². The molecule has 0 saturated heterocycles. The molecule has 0 radical (unpaired) electrons. The van der Waals surface area contributed by atoms with Crippen molar-refractivity contribution in [1.82, 2.24) is 10.2 Å². The molecule has 0 heterocycles. The van der Waals surface area contributed by atoms with Gasteiger partial charge < -0.3 is 11.1 Å². The minimum atomic E-state index is 0.104. The number of carbonyl (C=O) groups excluding carboxylic acids is 1. The van der Waals surface area contributed by atoms with Gasteiger partial charge in [0, 0.05) is 25.0 Å². The average Bonchev–Trinajstić information content (AvgIpc) is 2.24. The zero-order chi connectivity index (χ0) is 13.3. The van der Waals surface area contributed by atoms with Crippen molar-refractivity contribution in [2.24, 2.45) is 5.73 Å². The summed E-state index contributed by atoms with van der Waals surface area (Å²) >= 11 is 0. The Bertz CT molecular complexity index is 201. The van der Waals surface area contributed by atoms with Crippen molar-refractivity contribution in [3.8, 4) is 0 Å². The second-order valence-corrected chi connectivity index (χ2v) is 4.85. The van der Waals surface area contributed by atoms with Crippen LogP contribution in [0.5, 0.6) is 0 Å². The third kappa shape index (κ3) is 7.34. The van der Waals surface area contributed by atoms with Crippen molar-refractivity contribution in [2.75, 3.05) is 19.6 Å². The third-order valence-electron chi connectivity index (χ3n) is 2.68. The molecule has 1 unspecified atom stereocenters. The standard InChI is InChI=1S/C13H29N3O/c1-5-7-16(8-6-2)12(10-14)9-13(17)15-11(3)4/h11-12H,5-10,14H2,1-4H3,(H,15,17). The molecule has 0 aromatic heterocycles. The molecule has 0 aromatic carbocycles. The minimum absolute atomic E-state index is 0.104. The fraction of sp³-hybridized carbons (Fsp3) is 0.923.